The van der Waals surface area contributed by atoms with Crippen LogP contribution in [0.4, 0.5) is 0 Å². The van der Waals surface area contributed by atoms with Gasteiger partial charge in [0.1, 0.15) is 0 Å². The summed E-state index contributed by atoms with van der Waals surface area (Å²) in [7, 11) is -8.79. The molecule has 1 atom stereocenters. The molecule has 0 spiro atoms. The summed E-state index contributed by atoms with van der Waals surface area (Å²) in [6.07, 6.45) is 0.183. The summed E-state index contributed by atoms with van der Waals surface area (Å²) in [5, 5.41) is 0. The van der Waals surface area contributed by atoms with E-state index < -0.39 is 26.2 Å². The van der Waals surface area contributed by atoms with Crippen molar-refractivity contribution in [2.24, 2.45) is 0 Å². The van der Waals surface area contributed by atoms with E-state index in [1.807, 2.05) is 0 Å². The van der Waals surface area contributed by atoms with Gasteiger partial charge in [-0.1, -0.05) is 42.3 Å². The molecule has 8 heteroatoms. The summed E-state index contributed by atoms with van der Waals surface area (Å²) in [5.41, 5.74) is 2.41. The predicted octanol–water partition coefficient (Wildman–Crippen LogP) is 3.14. The fourth-order valence-electron chi connectivity index (χ4n) is 2.85. The van der Waals surface area contributed by atoms with Gasteiger partial charge in [0.25, 0.3) is 20.2 Å². The molecule has 0 aromatic heterocycles. The molecule has 25 heavy (non-hydrogen) atoms. The molecule has 6 nitrogen and oxygen atoms in total. The summed E-state index contributed by atoms with van der Waals surface area (Å²) >= 11 is 0. The Balaban J connectivity index is 2.54. The van der Waals surface area contributed by atoms with Gasteiger partial charge < -0.3 is 0 Å². The first-order valence-corrected chi connectivity index (χ1v) is 10.4. The summed E-state index contributed by atoms with van der Waals surface area (Å²) in [6.45, 7) is 5.32. The van der Waals surface area contributed by atoms with Crippen LogP contribution >= 0.6 is 0 Å². The lowest BCUT2D eigenvalue weighted by atomic mass is 9.92. The number of hydrogen-bond donors (Lipinski definition) is 2. The van der Waals surface area contributed by atoms with Crippen LogP contribution in [0.15, 0.2) is 46.2 Å². The van der Waals surface area contributed by atoms with E-state index in [4.69, 9.17) is 0 Å². The van der Waals surface area contributed by atoms with E-state index in [1.54, 1.807) is 45.0 Å². The molecule has 136 valence electrons. The molecule has 0 saturated heterocycles. The van der Waals surface area contributed by atoms with Gasteiger partial charge in [-0.15, -0.1) is 0 Å². The monoisotopic (exact) mass is 384 g/mol. The van der Waals surface area contributed by atoms with E-state index in [0.29, 0.717) is 11.1 Å². The maximum atomic E-state index is 11.6. The molecule has 0 bridgehead atoms. The zero-order chi connectivity index (χ0) is 19.0. The molecule has 0 aliphatic heterocycles. The first-order chi connectivity index (χ1) is 11.4. The van der Waals surface area contributed by atoms with Crippen molar-refractivity contribution >= 4 is 20.2 Å². The van der Waals surface area contributed by atoms with Crippen molar-refractivity contribution in [3.8, 4) is 0 Å². The molecular formula is C17H20O6S2. The standard InChI is InChI=1S/C17H20O6S2/c1-11-4-6-16(24(18,19)20)14(8-11)10-13(3)15-9-12(2)5-7-17(15)25(21,22)23/h4-9,13H,10H2,1-3H3,(H,18,19,20)(H,21,22,23)/t13-/m0/s1. The smallest absolute Gasteiger partial charge is 0.282 e. The van der Waals surface area contributed by atoms with Gasteiger partial charge in [0, 0.05) is 0 Å². The lowest BCUT2D eigenvalue weighted by Crippen LogP contribution is -2.10. The van der Waals surface area contributed by atoms with Crippen LogP contribution in [0.3, 0.4) is 0 Å². The predicted molar refractivity (Wildman–Crippen MR) is 94.1 cm³/mol. The summed E-state index contributed by atoms with van der Waals surface area (Å²) in [4.78, 5) is -0.405. The second kappa shape index (κ2) is 6.87. The fourth-order valence-corrected chi connectivity index (χ4v) is 4.36. The van der Waals surface area contributed by atoms with Gasteiger partial charge in [-0.2, -0.15) is 16.8 Å². The van der Waals surface area contributed by atoms with Gasteiger partial charge in [0.05, 0.1) is 9.79 Å². The van der Waals surface area contributed by atoms with Crippen LogP contribution < -0.4 is 0 Å². The van der Waals surface area contributed by atoms with E-state index >= 15 is 0 Å². The minimum atomic E-state index is -4.40. The highest BCUT2D eigenvalue weighted by Gasteiger charge is 2.22. The molecule has 2 aromatic rings. The van der Waals surface area contributed by atoms with Crippen molar-refractivity contribution in [2.45, 2.75) is 42.9 Å². The topological polar surface area (TPSA) is 109 Å². The van der Waals surface area contributed by atoms with Gasteiger partial charge >= 0.3 is 0 Å². The fraction of sp³-hybridized carbons (Fsp3) is 0.294. The highest BCUT2D eigenvalue weighted by Crippen LogP contribution is 2.30. The third kappa shape index (κ3) is 4.66. The molecule has 2 N–H and O–H groups in total. The van der Waals surface area contributed by atoms with Crippen LogP contribution in [-0.4, -0.2) is 25.9 Å². The maximum Gasteiger partial charge on any atom is 0.294 e. The molecular weight excluding hydrogens is 364 g/mol. The zero-order valence-electron chi connectivity index (χ0n) is 14.1. The van der Waals surface area contributed by atoms with Gasteiger partial charge in [0.15, 0.2) is 0 Å². The SMILES string of the molecule is Cc1ccc(S(=O)(=O)O)c(C[C@H](C)c2cc(C)ccc2S(=O)(=O)O)c1. The second-order valence-corrected chi connectivity index (χ2v) is 8.99. The average molecular weight is 384 g/mol. The Morgan fingerprint density at radius 1 is 0.840 bits per heavy atom. The third-order valence-electron chi connectivity index (χ3n) is 3.99. The Labute approximate surface area is 148 Å². The minimum Gasteiger partial charge on any atom is -0.282 e. The van der Waals surface area contributed by atoms with Crippen molar-refractivity contribution < 1.29 is 25.9 Å². The first kappa shape index (κ1) is 19.6. The maximum absolute atomic E-state index is 11.6. The highest BCUT2D eigenvalue weighted by molar-refractivity contribution is 7.86. The molecule has 0 unspecified atom stereocenters. The first-order valence-electron chi connectivity index (χ1n) is 7.54. The van der Waals surface area contributed by atoms with Crippen LogP contribution in [0.1, 0.15) is 35.1 Å². The molecule has 0 radical (unpaired) electrons. The summed E-state index contributed by atoms with van der Waals surface area (Å²) in [5.74, 6) is -0.404. The molecule has 2 aromatic carbocycles. The average Bonchev–Trinajstić information content (AvgIpc) is 2.44. The minimum absolute atomic E-state index is 0.183. The summed E-state index contributed by atoms with van der Waals surface area (Å²) in [6, 6.07) is 9.10. The third-order valence-corrected chi connectivity index (χ3v) is 5.88. The second-order valence-electron chi connectivity index (χ2n) is 6.21. The van der Waals surface area contributed by atoms with Crippen LogP contribution in [0, 0.1) is 13.8 Å². The Morgan fingerprint density at radius 3 is 1.84 bits per heavy atom. The zero-order valence-corrected chi connectivity index (χ0v) is 15.7. The quantitative estimate of drug-likeness (QED) is 0.767. The lowest BCUT2D eigenvalue weighted by Gasteiger charge is -2.18. The van der Waals surface area contributed by atoms with Crippen molar-refractivity contribution in [1.82, 2.24) is 0 Å². The van der Waals surface area contributed by atoms with E-state index in [2.05, 4.69) is 0 Å². The van der Waals surface area contributed by atoms with Crippen molar-refractivity contribution in [2.75, 3.05) is 0 Å². The Morgan fingerprint density at radius 2 is 1.32 bits per heavy atom. The lowest BCUT2D eigenvalue weighted by molar-refractivity contribution is 0.477. The largest absolute Gasteiger partial charge is 0.294 e. The number of hydrogen-bond acceptors (Lipinski definition) is 4. The normalized spacial score (nSPS) is 13.6. The Hall–Kier alpha value is -1.74. The van der Waals surface area contributed by atoms with Crippen LogP contribution in [0.5, 0.6) is 0 Å². The summed E-state index contributed by atoms with van der Waals surface area (Å²) < 4.78 is 65.3. The van der Waals surface area contributed by atoms with Gasteiger partial charge in [0.2, 0.25) is 0 Å². The molecule has 0 heterocycles. The van der Waals surface area contributed by atoms with Crippen molar-refractivity contribution in [3.05, 3.63) is 58.7 Å². The number of aryl methyl sites for hydroxylation is 2. The van der Waals surface area contributed by atoms with Gasteiger partial charge in [-0.05, 0) is 49.4 Å². The van der Waals surface area contributed by atoms with E-state index in [1.165, 1.54) is 12.1 Å². The van der Waals surface area contributed by atoms with E-state index in [-0.39, 0.29) is 16.2 Å². The van der Waals surface area contributed by atoms with Gasteiger partial charge in [-0.25, -0.2) is 0 Å². The van der Waals surface area contributed by atoms with Crippen LogP contribution in [0.25, 0.3) is 0 Å². The molecule has 0 aliphatic carbocycles. The molecule has 0 saturated carbocycles. The molecule has 0 amide bonds. The van der Waals surface area contributed by atoms with E-state index in [0.717, 1.165) is 11.1 Å². The molecule has 0 fully saturated rings. The molecule has 0 aliphatic rings. The van der Waals surface area contributed by atoms with E-state index in [9.17, 15) is 25.9 Å². The number of rotatable bonds is 5. The van der Waals surface area contributed by atoms with Crippen LogP contribution in [0.2, 0.25) is 0 Å². The van der Waals surface area contributed by atoms with Crippen LogP contribution in [-0.2, 0) is 26.7 Å². The Bertz CT molecular complexity index is 1010. The van der Waals surface area contributed by atoms with Crippen molar-refractivity contribution in [1.29, 1.82) is 0 Å². The van der Waals surface area contributed by atoms with Crippen molar-refractivity contribution in [3.63, 3.8) is 0 Å². The Kier molecular flexibility index (Phi) is 5.38. The van der Waals surface area contributed by atoms with Gasteiger partial charge in [-0.3, -0.25) is 9.11 Å². The molecule has 2 rings (SSSR count). The highest BCUT2D eigenvalue weighted by atomic mass is 32.2. The number of benzene rings is 2.